The van der Waals surface area contributed by atoms with Gasteiger partial charge in [0.05, 0.1) is 0 Å². The van der Waals surface area contributed by atoms with Crippen LogP contribution >= 0.6 is 0 Å². The van der Waals surface area contributed by atoms with Crippen LogP contribution in [0.3, 0.4) is 0 Å². The summed E-state index contributed by atoms with van der Waals surface area (Å²) in [5.41, 5.74) is 0.828. The van der Waals surface area contributed by atoms with Crippen molar-refractivity contribution in [3.63, 3.8) is 0 Å². The Hall–Kier alpha value is -1.11. The molecule has 58 valence electrons. The van der Waals surface area contributed by atoms with Crippen LogP contribution in [-0.4, -0.2) is 5.78 Å². The van der Waals surface area contributed by atoms with Gasteiger partial charge in [0.1, 0.15) is 0 Å². The van der Waals surface area contributed by atoms with Crippen LogP contribution < -0.4 is 0 Å². The maximum atomic E-state index is 11.2. The molecule has 0 unspecified atom stereocenters. The van der Waals surface area contributed by atoms with E-state index in [1.54, 1.807) is 0 Å². The van der Waals surface area contributed by atoms with E-state index in [4.69, 9.17) is 0 Å². The molecule has 0 aliphatic carbocycles. The van der Waals surface area contributed by atoms with E-state index in [2.05, 4.69) is 0 Å². The molecule has 0 heterocycles. The molecule has 0 fully saturated rings. The Morgan fingerprint density at radius 3 is 2.45 bits per heavy atom. The molecule has 0 N–H and O–H groups in total. The average molecular weight is 149 g/mol. The zero-order valence-electron chi connectivity index (χ0n) is 6.71. The molecule has 1 rings (SSSR count). The monoisotopic (exact) mass is 149 g/mol. The Morgan fingerprint density at radius 1 is 1.27 bits per heavy atom. The third kappa shape index (κ3) is 2.19. The maximum Gasteiger partial charge on any atom is 0.162 e. The van der Waals surface area contributed by atoms with Gasteiger partial charge in [-0.3, -0.25) is 4.79 Å². The van der Waals surface area contributed by atoms with Crippen molar-refractivity contribution in [2.45, 2.75) is 19.8 Å². The zero-order valence-corrected chi connectivity index (χ0v) is 6.71. The Morgan fingerprint density at radius 2 is 1.91 bits per heavy atom. The number of benzene rings is 1. The molecule has 1 heteroatoms. The van der Waals surface area contributed by atoms with Crippen LogP contribution in [0.5, 0.6) is 0 Å². The first-order valence-electron chi connectivity index (χ1n) is 3.93. The lowest BCUT2D eigenvalue weighted by Crippen LogP contribution is -1.96. The summed E-state index contributed by atoms with van der Waals surface area (Å²) < 4.78 is 0. The third-order valence-corrected chi connectivity index (χ3v) is 1.57. The molecular weight excluding hydrogens is 137 g/mol. The third-order valence-electron chi connectivity index (χ3n) is 1.57. The molecule has 1 nitrogen and oxygen atoms in total. The fourth-order valence-corrected chi connectivity index (χ4v) is 0.995. The van der Waals surface area contributed by atoms with E-state index in [9.17, 15) is 4.79 Å². The van der Waals surface area contributed by atoms with Crippen molar-refractivity contribution in [3.05, 3.63) is 35.9 Å². The topological polar surface area (TPSA) is 17.1 Å². The molecule has 0 aliphatic heterocycles. The van der Waals surface area contributed by atoms with Gasteiger partial charge in [-0.15, -0.1) is 0 Å². The van der Waals surface area contributed by atoms with Gasteiger partial charge in [-0.2, -0.15) is 0 Å². The van der Waals surface area contributed by atoms with Crippen molar-refractivity contribution in [1.29, 1.82) is 0 Å². The number of rotatable bonds is 3. The lowest BCUT2D eigenvalue weighted by molar-refractivity contribution is 0.0982. The van der Waals surface area contributed by atoms with Gasteiger partial charge >= 0.3 is 0 Å². The molecule has 11 heavy (non-hydrogen) atoms. The molecule has 0 saturated heterocycles. The van der Waals surface area contributed by atoms with E-state index in [0.717, 1.165) is 12.0 Å². The second-order valence-electron chi connectivity index (χ2n) is 2.54. The largest absolute Gasteiger partial charge is 0.294 e. The lowest BCUT2D eigenvalue weighted by atomic mass is 10.2. The number of carbonyl (C=O) groups is 1. The Kier molecular flexibility index (Phi) is 2.84. The summed E-state index contributed by atoms with van der Waals surface area (Å²) in [7, 11) is 0. The predicted molar refractivity (Wildman–Crippen MR) is 45.7 cm³/mol. The summed E-state index contributed by atoms with van der Waals surface area (Å²) >= 11 is 0. The first-order valence-corrected chi connectivity index (χ1v) is 3.93. The normalized spacial score (nSPS) is 9.55. The zero-order chi connectivity index (χ0) is 8.10. The number of hydrogen-bond donors (Lipinski definition) is 0. The summed E-state index contributed by atoms with van der Waals surface area (Å²) in [5.74, 6) is 0.244. The SMILES string of the molecule is CCC[13C](=O)c1ccccc1. The molecule has 0 spiro atoms. The number of Topliss-reactive ketones (excluding diaryl/α,β-unsaturated/α-hetero) is 1. The molecule has 0 aliphatic rings. The van der Waals surface area contributed by atoms with Gasteiger partial charge in [0.2, 0.25) is 0 Å². The standard InChI is InChI=1S/C10H12O/c1-2-6-10(11)9-7-4-3-5-8-9/h3-5,7-8H,2,6H2,1H3/i10+1. The van der Waals surface area contributed by atoms with Crippen molar-refractivity contribution in [3.8, 4) is 0 Å². The first-order chi connectivity index (χ1) is 5.34. The fourth-order valence-electron chi connectivity index (χ4n) is 0.995. The highest BCUT2D eigenvalue weighted by atomic mass is 16.2. The minimum atomic E-state index is 0.244. The van der Waals surface area contributed by atoms with Gasteiger partial charge < -0.3 is 0 Å². The van der Waals surface area contributed by atoms with Crippen molar-refractivity contribution in [2.75, 3.05) is 0 Å². The van der Waals surface area contributed by atoms with Crippen molar-refractivity contribution in [1.82, 2.24) is 0 Å². The van der Waals surface area contributed by atoms with Gasteiger partial charge in [-0.25, -0.2) is 0 Å². The van der Waals surface area contributed by atoms with Crippen molar-refractivity contribution >= 4 is 5.78 Å². The molecule has 0 atom stereocenters. The molecule has 1 aromatic carbocycles. The molecule has 0 amide bonds. The summed E-state index contributed by atoms with van der Waals surface area (Å²) in [6.07, 6.45) is 1.58. The Bertz CT molecular complexity index is 226. The maximum absolute atomic E-state index is 11.2. The average Bonchev–Trinajstić information content (AvgIpc) is 2.07. The summed E-state index contributed by atoms with van der Waals surface area (Å²) in [5, 5.41) is 0. The Labute approximate surface area is 67.1 Å². The van der Waals surface area contributed by atoms with E-state index >= 15 is 0 Å². The first kappa shape index (κ1) is 7.99. The molecular formula is C10H12O. The smallest absolute Gasteiger partial charge is 0.162 e. The minimum Gasteiger partial charge on any atom is -0.294 e. The summed E-state index contributed by atoms with van der Waals surface area (Å²) in [4.78, 5) is 11.2. The highest BCUT2D eigenvalue weighted by Gasteiger charge is 2.01. The van der Waals surface area contributed by atoms with Crippen molar-refractivity contribution < 1.29 is 4.79 Å². The predicted octanol–water partition coefficient (Wildman–Crippen LogP) is 2.67. The minimum absolute atomic E-state index is 0.244. The van der Waals surface area contributed by atoms with Crippen LogP contribution in [0.25, 0.3) is 0 Å². The van der Waals surface area contributed by atoms with Crippen LogP contribution in [0.1, 0.15) is 30.1 Å². The molecule has 0 radical (unpaired) electrons. The quantitative estimate of drug-likeness (QED) is 0.477. The van der Waals surface area contributed by atoms with E-state index in [1.807, 2.05) is 37.3 Å². The van der Waals surface area contributed by atoms with Crippen LogP contribution in [0.15, 0.2) is 30.3 Å². The van der Waals surface area contributed by atoms with Crippen LogP contribution in [0, 0.1) is 0 Å². The second-order valence-corrected chi connectivity index (χ2v) is 2.54. The van der Waals surface area contributed by atoms with Crippen LogP contribution in [0.2, 0.25) is 0 Å². The highest BCUT2D eigenvalue weighted by Crippen LogP contribution is 2.03. The van der Waals surface area contributed by atoms with Gasteiger partial charge in [-0.1, -0.05) is 37.3 Å². The summed E-state index contributed by atoms with van der Waals surface area (Å²) in [6, 6.07) is 9.42. The van der Waals surface area contributed by atoms with E-state index < -0.39 is 0 Å². The van der Waals surface area contributed by atoms with Gasteiger partial charge in [0.25, 0.3) is 0 Å². The molecule has 1 aromatic rings. The van der Waals surface area contributed by atoms with Crippen LogP contribution in [0.4, 0.5) is 0 Å². The van der Waals surface area contributed by atoms with E-state index in [1.165, 1.54) is 0 Å². The van der Waals surface area contributed by atoms with E-state index in [0.29, 0.717) is 6.42 Å². The second kappa shape index (κ2) is 3.91. The molecule has 0 aromatic heterocycles. The van der Waals surface area contributed by atoms with Gasteiger partial charge in [-0.05, 0) is 6.42 Å². The summed E-state index contributed by atoms with van der Waals surface area (Å²) in [6.45, 7) is 2.01. The van der Waals surface area contributed by atoms with Gasteiger partial charge in [0, 0.05) is 12.0 Å². The Balaban J connectivity index is 2.69. The number of ketones is 1. The van der Waals surface area contributed by atoms with Crippen molar-refractivity contribution in [2.24, 2.45) is 0 Å². The number of hydrogen-bond acceptors (Lipinski definition) is 1. The molecule has 0 saturated carbocycles. The highest BCUT2D eigenvalue weighted by molar-refractivity contribution is 5.95. The fraction of sp³-hybridized carbons (Fsp3) is 0.300. The lowest BCUT2D eigenvalue weighted by Gasteiger charge is -1.96. The van der Waals surface area contributed by atoms with Gasteiger partial charge in [0.15, 0.2) is 5.78 Å². The number of carbonyl (C=O) groups excluding carboxylic acids is 1. The van der Waals surface area contributed by atoms with E-state index in [-0.39, 0.29) is 5.78 Å². The van der Waals surface area contributed by atoms with Crippen LogP contribution in [-0.2, 0) is 0 Å². The molecule has 0 bridgehead atoms.